The molecule has 6 nitrogen and oxygen atoms in total. The van der Waals surface area contributed by atoms with Crippen LogP contribution in [-0.4, -0.2) is 52.9 Å². The Morgan fingerprint density at radius 2 is 2.18 bits per heavy atom. The predicted molar refractivity (Wildman–Crippen MR) is 75.2 cm³/mol. The van der Waals surface area contributed by atoms with E-state index in [1.807, 2.05) is 6.92 Å². The van der Waals surface area contributed by atoms with Gasteiger partial charge in [0.1, 0.15) is 0 Å². The van der Waals surface area contributed by atoms with Gasteiger partial charge in [0.25, 0.3) is 0 Å². The van der Waals surface area contributed by atoms with Crippen molar-refractivity contribution >= 4 is 29.6 Å². The molecule has 2 fully saturated rings. The maximum Gasteiger partial charge on any atom is 1.00 e. The predicted octanol–water partition coefficient (Wildman–Crippen LogP) is -3.42. The van der Waals surface area contributed by atoms with Crippen molar-refractivity contribution in [3.8, 4) is 0 Å². The molecule has 2 heterocycles. The van der Waals surface area contributed by atoms with Crippen molar-refractivity contribution in [2.45, 2.75) is 37.1 Å². The van der Waals surface area contributed by atoms with Gasteiger partial charge in [-0.25, -0.2) is 4.79 Å². The third-order valence-electron chi connectivity index (χ3n) is 3.99. The van der Waals surface area contributed by atoms with Gasteiger partial charge in [-0.05, 0) is 18.6 Å². The first-order valence-corrected chi connectivity index (χ1v) is 7.95. The van der Waals surface area contributed by atoms with Crippen LogP contribution in [0.5, 0.6) is 0 Å². The first-order valence-electron chi connectivity index (χ1n) is 6.90. The molecule has 0 bridgehead atoms. The molecule has 116 valence electrons. The number of allylic oxidation sites excluding steroid dienone is 1. The van der Waals surface area contributed by atoms with E-state index >= 15 is 0 Å². The van der Waals surface area contributed by atoms with E-state index in [4.69, 9.17) is 0 Å². The first-order chi connectivity index (χ1) is 10.0. The zero-order valence-corrected chi connectivity index (χ0v) is 15.8. The maximum absolute atomic E-state index is 12.1. The average molecular weight is 335 g/mol. The minimum Gasteiger partial charge on any atom is -0.548 e. The molecule has 0 aromatic rings. The van der Waals surface area contributed by atoms with Crippen molar-refractivity contribution in [3.63, 3.8) is 0 Å². The van der Waals surface area contributed by atoms with Gasteiger partial charge in [-0.15, -0.1) is 0 Å². The van der Waals surface area contributed by atoms with Crippen molar-refractivity contribution in [2.75, 3.05) is 12.9 Å². The summed E-state index contributed by atoms with van der Waals surface area (Å²) < 4.78 is 4.48. The number of methoxy groups -OCH3 is 1. The number of β-lactam (4-membered cyclic amide) rings is 1. The minimum atomic E-state index is -1.18. The Kier molecular flexibility index (Phi) is 7.45. The largest absolute Gasteiger partial charge is 1.00 e. The Hall–Kier alpha value is -0.500. The van der Waals surface area contributed by atoms with Crippen LogP contribution < -0.4 is 34.7 Å². The molecule has 0 aromatic carbocycles. The fraction of sp³-hybridized carbons (Fsp3) is 0.643. The third kappa shape index (κ3) is 3.69. The molecular formula is C14H18NNaO5S. The molecule has 2 aliphatic heterocycles. The van der Waals surface area contributed by atoms with Crippen LogP contribution in [0.3, 0.4) is 0 Å². The molecule has 0 spiro atoms. The number of carboxylic acids is 1. The number of hydrogen-bond acceptors (Lipinski definition) is 6. The fourth-order valence-electron chi connectivity index (χ4n) is 3.07. The van der Waals surface area contributed by atoms with E-state index in [0.29, 0.717) is 12.8 Å². The summed E-state index contributed by atoms with van der Waals surface area (Å²) in [5.74, 6) is -1.24. The molecule has 2 aliphatic rings. The van der Waals surface area contributed by atoms with E-state index in [2.05, 4.69) is 4.74 Å². The Morgan fingerprint density at radius 1 is 1.50 bits per heavy atom. The molecular weight excluding hydrogens is 317 g/mol. The van der Waals surface area contributed by atoms with E-state index in [0.717, 1.165) is 5.75 Å². The zero-order valence-electron chi connectivity index (χ0n) is 13.0. The molecule has 0 N–H and O–H groups in total. The number of nitrogens with zero attached hydrogens (tertiary/aromatic N) is 1. The number of ether oxygens (including phenoxy) is 1. The number of hydrogen-bond donors (Lipinski definition) is 0. The molecule has 0 radical (unpaired) electrons. The molecule has 0 saturated carbocycles. The van der Waals surface area contributed by atoms with Crippen molar-refractivity contribution < 1.29 is 53.8 Å². The number of carbonyl (C=O) groups is 3. The van der Waals surface area contributed by atoms with Gasteiger partial charge >= 0.3 is 35.5 Å². The van der Waals surface area contributed by atoms with Crippen LogP contribution in [0.15, 0.2) is 12.2 Å². The maximum atomic E-state index is 12.1. The number of carbonyl (C=O) groups excluding carboxylic acids is 3. The first kappa shape index (κ1) is 19.5. The van der Waals surface area contributed by atoms with Crippen LogP contribution in [0.1, 0.15) is 19.8 Å². The summed E-state index contributed by atoms with van der Waals surface area (Å²) in [5, 5.41) is 11.2. The number of amides is 1. The van der Waals surface area contributed by atoms with Gasteiger partial charge in [0, 0.05) is 17.4 Å². The molecule has 4 atom stereocenters. The van der Waals surface area contributed by atoms with Crippen LogP contribution >= 0.6 is 11.8 Å². The Labute approximate surface area is 155 Å². The summed E-state index contributed by atoms with van der Waals surface area (Å²) in [6.07, 6.45) is 4.00. The summed E-state index contributed by atoms with van der Waals surface area (Å²) in [6.45, 7) is 1.96. The summed E-state index contributed by atoms with van der Waals surface area (Å²) >= 11 is 1.55. The second kappa shape index (κ2) is 8.38. The molecule has 0 aromatic heterocycles. The Bertz CT molecular complexity index is 484. The molecule has 3 unspecified atom stereocenters. The molecule has 2 rings (SSSR count). The Balaban J connectivity index is 0.00000242. The zero-order chi connectivity index (χ0) is 15.6. The van der Waals surface area contributed by atoms with Crippen LogP contribution in [0.2, 0.25) is 0 Å². The third-order valence-corrected chi connectivity index (χ3v) is 5.20. The summed E-state index contributed by atoms with van der Waals surface area (Å²) in [7, 11) is 1.29. The quantitative estimate of drug-likeness (QED) is 0.217. The molecule has 1 amide bonds. The smallest absolute Gasteiger partial charge is 0.548 e. The average Bonchev–Trinajstić information content (AvgIpc) is 2.79. The minimum absolute atomic E-state index is 0. The Morgan fingerprint density at radius 3 is 2.73 bits per heavy atom. The van der Waals surface area contributed by atoms with E-state index in [1.165, 1.54) is 18.1 Å². The molecule has 2 saturated heterocycles. The van der Waals surface area contributed by atoms with Gasteiger partial charge in [0.2, 0.25) is 5.91 Å². The summed E-state index contributed by atoms with van der Waals surface area (Å²) in [6, 6.07) is -0.889. The second-order valence-corrected chi connectivity index (χ2v) is 6.59. The van der Waals surface area contributed by atoms with Crippen LogP contribution in [0, 0.1) is 5.92 Å². The van der Waals surface area contributed by atoms with Gasteiger partial charge < -0.3 is 19.5 Å². The molecule has 22 heavy (non-hydrogen) atoms. The monoisotopic (exact) mass is 335 g/mol. The number of rotatable bonds is 6. The van der Waals surface area contributed by atoms with Crippen LogP contribution in [0.4, 0.5) is 0 Å². The fourth-order valence-corrected chi connectivity index (χ4v) is 4.26. The number of thioether (sulfide) groups is 1. The van der Waals surface area contributed by atoms with Gasteiger partial charge in [0.15, 0.2) is 0 Å². The normalized spacial score (nSPS) is 29.7. The SMILES string of the molecule is CCSC1CC2C(C/C=C/C(=O)OC)C(=O)N2[C@@H]1C(=O)[O-].[Na+]. The van der Waals surface area contributed by atoms with Crippen LogP contribution in [0.25, 0.3) is 0 Å². The van der Waals surface area contributed by atoms with Crippen molar-refractivity contribution in [2.24, 2.45) is 5.92 Å². The van der Waals surface area contributed by atoms with E-state index in [-0.39, 0.29) is 52.7 Å². The van der Waals surface area contributed by atoms with Gasteiger partial charge in [0.05, 0.1) is 25.0 Å². The van der Waals surface area contributed by atoms with E-state index in [1.54, 1.807) is 17.8 Å². The van der Waals surface area contributed by atoms with Crippen molar-refractivity contribution in [1.29, 1.82) is 0 Å². The van der Waals surface area contributed by atoms with E-state index < -0.39 is 18.0 Å². The number of carboxylic acid groups (broad SMARTS) is 1. The topological polar surface area (TPSA) is 86.7 Å². The van der Waals surface area contributed by atoms with Gasteiger partial charge in [-0.3, -0.25) is 4.79 Å². The van der Waals surface area contributed by atoms with Crippen LogP contribution in [-0.2, 0) is 19.1 Å². The second-order valence-electron chi connectivity index (χ2n) is 5.07. The van der Waals surface area contributed by atoms with E-state index in [9.17, 15) is 19.5 Å². The standard InChI is InChI=1S/C14H19NO5S.Na/c1-3-21-10-7-9-8(5-4-6-11(16)20-2)13(17)15(9)12(10)14(18)19;/h4,6,8-10,12H,3,5,7H2,1-2H3,(H,18,19);/q;+1/p-1/b6-4+;/t8?,9?,10?,12-;/m0./s1. The van der Waals surface area contributed by atoms with Crippen molar-refractivity contribution in [1.82, 2.24) is 4.90 Å². The summed E-state index contributed by atoms with van der Waals surface area (Å²) in [4.78, 5) is 35.8. The van der Waals surface area contributed by atoms with Crippen molar-refractivity contribution in [3.05, 3.63) is 12.2 Å². The summed E-state index contributed by atoms with van der Waals surface area (Å²) in [5.41, 5.74) is 0. The number of esters is 1. The molecule has 0 aliphatic carbocycles. The molecule has 8 heteroatoms. The number of aliphatic carboxylic acids is 1. The van der Waals surface area contributed by atoms with Gasteiger partial charge in [-0.1, -0.05) is 13.0 Å². The van der Waals surface area contributed by atoms with Gasteiger partial charge in [-0.2, -0.15) is 11.8 Å². The number of fused-ring (bicyclic) bond motifs is 1.